The number of benzene rings is 2. The topological polar surface area (TPSA) is 19.4 Å². The molecule has 5 rings (SSSR count). The second-order valence-electron chi connectivity index (χ2n) is 7.22. The van der Waals surface area contributed by atoms with E-state index in [1.807, 2.05) is 0 Å². The molecule has 0 N–H and O–H groups in total. The van der Waals surface area contributed by atoms with Crippen molar-refractivity contribution < 1.29 is 0 Å². The number of hydrogen-bond acceptors (Lipinski definition) is 4. The van der Waals surface area contributed by atoms with Crippen molar-refractivity contribution in [2.75, 3.05) is 37.6 Å². The molecule has 4 heteroatoms. The molecule has 3 nitrogen and oxygen atoms in total. The lowest BCUT2D eigenvalue weighted by Gasteiger charge is -2.37. The zero-order valence-electron chi connectivity index (χ0n) is 14.4. The van der Waals surface area contributed by atoms with Gasteiger partial charge in [-0.1, -0.05) is 36.4 Å². The van der Waals surface area contributed by atoms with Gasteiger partial charge in [0.25, 0.3) is 0 Å². The van der Waals surface area contributed by atoms with Crippen molar-refractivity contribution in [1.29, 1.82) is 0 Å². The van der Waals surface area contributed by atoms with Gasteiger partial charge in [0.1, 0.15) is 5.82 Å². The standard InChI is InChI=1S/C21H23N3S/c1-2-6-18-16(5-1)15-17(18)9-10-23-11-13-24(14-12-23)21-19-7-3-4-8-20(19)25-22-21/h1-8,17H,9-15H2/t17-/m0/s1. The van der Waals surface area contributed by atoms with E-state index in [0.717, 1.165) is 32.1 Å². The summed E-state index contributed by atoms with van der Waals surface area (Å²) in [7, 11) is 0. The number of piperazine rings is 1. The van der Waals surface area contributed by atoms with Gasteiger partial charge < -0.3 is 4.90 Å². The first kappa shape index (κ1) is 15.4. The fourth-order valence-electron chi connectivity index (χ4n) is 4.24. The van der Waals surface area contributed by atoms with Crippen LogP contribution in [0.1, 0.15) is 23.5 Å². The minimum atomic E-state index is 0.789. The molecule has 0 amide bonds. The van der Waals surface area contributed by atoms with Gasteiger partial charge in [0.15, 0.2) is 0 Å². The number of hydrogen-bond donors (Lipinski definition) is 0. The van der Waals surface area contributed by atoms with Gasteiger partial charge in [-0.15, -0.1) is 0 Å². The van der Waals surface area contributed by atoms with Gasteiger partial charge >= 0.3 is 0 Å². The molecule has 2 aliphatic rings. The van der Waals surface area contributed by atoms with Crippen molar-refractivity contribution >= 4 is 27.4 Å². The second kappa shape index (κ2) is 6.43. The summed E-state index contributed by atoms with van der Waals surface area (Å²) < 4.78 is 6.01. The van der Waals surface area contributed by atoms with Gasteiger partial charge in [-0.05, 0) is 60.1 Å². The van der Waals surface area contributed by atoms with Gasteiger partial charge in [0.05, 0.1) is 4.70 Å². The Bertz CT molecular complexity index is 879. The Morgan fingerprint density at radius 2 is 1.76 bits per heavy atom. The summed E-state index contributed by atoms with van der Waals surface area (Å²) in [5.74, 6) is 1.98. The normalized spacial score (nSPS) is 20.5. The van der Waals surface area contributed by atoms with Gasteiger partial charge in [-0.25, -0.2) is 0 Å². The molecule has 3 aromatic rings. The smallest absolute Gasteiger partial charge is 0.150 e. The zero-order valence-corrected chi connectivity index (χ0v) is 15.2. The summed E-state index contributed by atoms with van der Waals surface area (Å²) in [6.07, 6.45) is 2.58. The van der Waals surface area contributed by atoms with Crippen LogP contribution >= 0.6 is 11.5 Å². The zero-order chi connectivity index (χ0) is 16.6. The number of aromatic nitrogens is 1. The lowest BCUT2D eigenvalue weighted by molar-refractivity contribution is 0.245. The fraction of sp³-hybridized carbons (Fsp3) is 0.381. The first-order chi connectivity index (χ1) is 12.4. The molecule has 0 bridgehead atoms. The fourth-order valence-corrected chi connectivity index (χ4v) is 5.04. The Balaban J connectivity index is 1.17. The van der Waals surface area contributed by atoms with Crippen molar-refractivity contribution in [3.8, 4) is 0 Å². The van der Waals surface area contributed by atoms with Gasteiger partial charge in [-0.2, -0.15) is 4.37 Å². The van der Waals surface area contributed by atoms with Crippen molar-refractivity contribution in [2.45, 2.75) is 18.8 Å². The van der Waals surface area contributed by atoms with Gasteiger partial charge in [-0.3, -0.25) is 4.90 Å². The molecule has 1 aromatic heterocycles. The molecule has 0 unspecified atom stereocenters. The molecule has 128 valence electrons. The maximum absolute atomic E-state index is 4.71. The Morgan fingerprint density at radius 3 is 2.64 bits per heavy atom. The van der Waals surface area contributed by atoms with E-state index < -0.39 is 0 Å². The van der Waals surface area contributed by atoms with E-state index in [4.69, 9.17) is 4.37 Å². The number of nitrogens with zero attached hydrogens (tertiary/aromatic N) is 3. The van der Waals surface area contributed by atoms with Crippen LogP contribution in [0.4, 0.5) is 5.82 Å². The van der Waals surface area contributed by atoms with Crippen LogP contribution < -0.4 is 4.90 Å². The maximum atomic E-state index is 4.71. The number of anilines is 1. The van der Waals surface area contributed by atoms with Crippen LogP contribution in [0, 0.1) is 0 Å². The van der Waals surface area contributed by atoms with Crippen LogP contribution in [0.5, 0.6) is 0 Å². The quantitative estimate of drug-likeness (QED) is 0.705. The average Bonchev–Trinajstić information content (AvgIpc) is 3.07. The van der Waals surface area contributed by atoms with Crippen LogP contribution in [0.3, 0.4) is 0 Å². The molecule has 2 aromatic carbocycles. The van der Waals surface area contributed by atoms with Crippen LogP contribution in [0.25, 0.3) is 10.1 Å². The van der Waals surface area contributed by atoms with E-state index in [0.29, 0.717) is 0 Å². The summed E-state index contributed by atoms with van der Waals surface area (Å²) >= 11 is 1.62. The first-order valence-corrected chi connectivity index (χ1v) is 10.1. The lowest BCUT2D eigenvalue weighted by atomic mass is 9.76. The van der Waals surface area contributed by atoms with Crippen molar-refractivity contribution in [3.63, 3.8) is 0 Å². The van der Waals surface area contributed by atoms with E-state index in [9.17, 15) is 0 Å². The minimum Gasteiger partial charge on any atom is -0.353 e. The first-order valence-electron chi connectivity index (χ1n) is 9.28. The average molecular weight is 350 g/mol. The van der Waals surface area contributed by atoms with Crippen LogP contribution in [0.2, 0.25) is 0 Å². The number of fused-ring (bicyclic) bond motifs is 2. The Labute approximate surface area is 153 Å². The summed E-state index contributed by atoms with van der Waals surface area (Å²) in [5, 5.41) is 1.31. The summed E-state index contributed by atoms with van der Waals surface area (Å²) in [5.41, 5.74) is 3.16. The Morgan fingerprint density at radius 1 is 0.960 bits per heavy atom. The summed E-state index contributed by atoms with van der Waals surface area (Å²) in [6.45, 7) is 5.72. The van der Waals surface area contributed by atoms with Gasteiger partial charge in [0.2, 0.25) is 0 Å². The van der Waals surface area contributed by atoms with Crippen molar-refractivity contribution in [2.24, 2.45) is 0 Å². The molecular weight excluding hydrogens is 326 g/mol. The highest BCUT2D eigenvalue weighted by atomic mass is 32.1. The highest BCUT2D eigenvalue weighted by molar-refractivity contribution is 7.13. The van der Waals surface area contributed by atoms with E-state index in [2.05, 4.69) is 58.3 Å². The Kier molecular flexibility index (Phi) is 3.95. The second-order valence-corrected chi connectivity index (χ2v) is 8.02. The molecule has 25 heavy (non-hydrogen) atoms. The lowest BCUT2D eigenvalue weighted by Crippen LogP contribution is -2.47. The van der Waals surface area contributed by atoms with Crippen molar-refractivity contribution in [1.82, 2.24) is 9.27 Å². The predicted molar refractivity (Wildman–Crippen MR) is 106 cm³/mol. The summed E-state index contributed by atoms with van der Waals surface area (Å²) in [4.78, 5) is 5.10. The van der Waals surface area contributed by atoms with E-state index in [1.54, 1.807) is 22.7 Å². The molecular formula is C21H23N3S. The molecule has 1 atom stereocenters. The third kappa shape index (κ3) is 2.83. The molecule has 0 spiro atoms. The highest BCUT2D eigenvalue weighted by Crippen LogP contribution is 2.37. The number of rotatable bonds is 4. The molecule has 2 heterocycles. The SMILES string of the molecule is c1ccc2c(c1)C[C@@H]2CCN1CCN(c2nsc3ccccc23)CC1. The molecule has 1 saturated heterocycles. The third-order valence-corrected chi connectivity index (χ3v) is 6.60. The maximum Gasteiger partial charge on any atom is 0.150 e. The van der Waals surface area contributed by atoms with Crippen molar-refractivity contribution in [3.05, 3.63) is 59.7 Å². The predicted octanol–water partition coefficient (Wildman–Crippen LogP) is 4.15. The molecule has 0 radical (unpaired) electrons. The Hall–Kier alpha value is -1.91. The van der Waals surface area contributed by atoms with Crippen LogP contribution in [0.15, 0.2) is 48.5 Å². The molecule has 1 aliphatic carbocycles. The summed E-state index contributed by atoms with van der Waals surface area (Å²) in [6, 6.07) is 17.5. The molecule has 1 fully saturated rings. The van der Waals surface area contributed by atoms with E-state index in [1.165, 1.54) is 35.3 Å². The monoisotopic (exact) mass is 349 g/mol. The van der Waals surface area contributed by atoms with E-state index >= 15 is 0 Å². The van der Waals surface area contributed by atoms with Crippen LogP contribution in [-0.4, -0.2) is 42.0 Å². The molecule has 1 aliphatic heterocycles. The third-order valence-electron chi connectivity index (χ3n) is 5.79. The molecule has 0 saturated carbocycles. The highest BCUT2D eigenvalue weighted by Gasteiger charge is 2.26. The van der Waals surface area contributed by atoms with Crippen LogP contribution in [-0.2, 0) is 6.42 Å². The van der Waals surface area contributed by atoms with E-state index in [-0.39, 0.29) is 0 Å². The largest absolute Gasteiger partial charge is 0.353 e. The van der Waals surface area contributed by atoms with Gasteiger partial charge in [0, 0.05) is 31.6 Å². The minimum absolute atomic E-state index is 0.789.